The van der Waals surface area contributed by atoms with E-state index in [1.165, 1.54) is 17.0 Å². The summed E-state index contributed by atoms with van der Waals surface area (Å²) in [5.74, 6) is -1.99. The van der Waals surface area contributed by atoms with Gasteiger partial charge in [0.15, 0.2) is 0 Å². The molecule has 1 fully saturated rings. The molecule has 1 aliphatic heterocycles. The first-order valence-electron chi connectivity index (χ1n) is 5.71. The molecule has 0 bridgehead atoms. The Hall–Kier alpha value is -1.07. The van der Waals surface area contributed by atoms with Gasteiger partial charge in [0.1, 0.15) is 5.82 Å². The van der Waals surface area contributed by atoms with Gasteiger partial charge >= 0.3 is 25.2 Å². The normalized spacial score (nSPS) is 17.7. The van der Waals surface area contributed by atoms with Crippen LogP contribution in [0, 0.1) is 5.82 Å². The summed E-state index contributed by atoms with van der Waals surface area (Å²) in [6.45, 7) is -0.370. The molecule has 1 aromatic rings. The first-order chi connectivity index (χ1) is 9.26. The largest absolute Gasteiger partial charge is 1.00 e. The third-order valence-corrected chi connectivity index (χ3v) is 2.95. The Morgan fingerprint density at radius 3 is 2.24 bits per heavy atom. The number of carboxylic acids is 1. The number of ether oxygens (including phenoxy) is 1. The molecule has 21 heavy (non-hydrogen) atoms. The molecule has 4 nitrogen and oxygen atoms in total. The Labute approximate surface area is 129 Å². The zero-order chi connectivity index (χ0) is 14.9. The predicted molar refractivity (Wildman–Crippen MR) is 56.6 cm³/mol. The number of carboxylic acid groups (broad SMARTS) is 1. The average Bonchev–Trinajstić information content (AvgIpc) is 2.26. The maximum Gasteiger partial charge on any atom is 1.00 e. The van der Waals surface area contributed by atoms with Gasteiger partial charge in [-0.25, -0.2) is 4.39 Å². The molecule has 1 heterocycles. The van der Waals surface area contributed by atoms with E-state index in [9.17, 15) is 27.5 Å². The molecule has 1 atom stereocenters. The van der Waals surface area contributed by atoms with Gasteiger partial charge < -0.3 is 9.90 Å². The van der Waals surface area contributed by atoms with Crippen molar-refractivity contribution in [3.8, 4) is 0 Å². The van der Waals surface area contributed by atoms with Crippen LogP contribution in [-0.4, -0.2) is 36.4 Å². The summed E-state index contributed by atoms with van der Waals surface area (Å²) in [6, 6.07) is 3.45. The molecule has 1 unspecified atom stereocenters. The van der Waals surface area contributed by atoms with Crippen molar-refractivity contribution >= 4 is 5.97 Å². The first-order valence-corrected chi connectivity index (χ1v) is 5.71. The Balaban J connectivity index is 0.00000220. The van der Waals surface area contributed by atoms with E-state index in [1.54, 1.807) is 0 Å². The monoisotopic (exact) mass is 299 g/mol. The van der Waals surface area contributed by atoms with Crippen LogP contribution in [0.5, 0.6) is 0 Å². The quantitative estimate of drug-likeness (QED) is 0.469. The van der Waals surface area contributed by atoms with E-state index in [0.29, 0.717) is 0 Å². The van der Waals surface area contributed by atoms with Crippen LogP contribution in [-0.2, 0) is 9.53 Å². The number of hydrogen-bond donors (Lipinski definition) is 0. The maximum absolute atomic E-state index is 12.8. The smallest absolute Gasteiger partial charge is 0.548 e. The average molecular weight is 299 g/mol. The third-order valence-electron chi connectivity index (χ3n) is 2.95. The Morgan fingerprint density at radius 2 is 1.81 bits per heavy atom. The minimum absolute atomic E-state index is 0. The van der Waals surface area contributed by atoms with Crippen LogP contribution >= 0.6 is 0 Å². The number of likely N-dealkylation sites (tertiary alicyclic amines) is 1. The fourth-order valence-electron chi connectivity index (χ4n) is 2.09. The molecule has 2 rings (SSSR count). The van der Waals surface area contributed by atoms with Gasteiger partial charge in [-0.3, -0.25) is 9.64 Å². The number of hydrogen-bond acceptors (Lipinski definition) is 4. The van der Waals surface area contributed by atoms with Gasteiger partial charge in [-0.2, -0.15) is 0 Å². The van der Waals surface area contributed by atoms with Crippen molar-refractivity contribution in [3.63, 3.8) is 0 Å². The molecule has 1 aromatic carbocycles. The van der Waals surface area contributed by atoms with Crippen LogP contribution in [0.15, 0.2) is 24.3 Å². The van der Waals surface area contributed by atoms with Gasteiger partial charge in [-0.1, -0.05) is 12.1 Å². The van der Waals surface area contributed by atoms with Crippen molar-refractivity contribution in [3.05, 3.63) is 35.6 Å². The SMILES string of the molecule is O=C([O-])C(c1ccc(F)cc1)N1CC(OC(F)(F)F)C1.[Li+]. The van der Waals surface area contributed by atoms with E-state index < -0.39 is 30.3 Å². The number of benzene rings is 1. The molecule has 1 aliphatic rings. The molecular weight excluding hydrogens is 289 g/mol. The summed E-state index contributed by atoms with van der Waals surface area (Å²) in [6.07, 6.45) is -5.85. The topological polar surface area (TPSA) is 52.6 Å². The van der Waals surface area contributed by atoms with E-state index in [1.807, 2.05) is 0 Å². The third kappa shape index (κ3) is 4.71. The molecule has 0 saturated carbocycles. The van der Waals surface area contributed by atoms with Gasteiger partial charge in [0, 0.05) is 13.1 Å². The second kappa shape index (κ2) is 6.79. The molecular formula is C12H10F4LiNO3. The zero-order valence-electron chi connectivity index (χ0n) is 11.1. The van der Waals surface area contributed by atoms with Crippen molar-refractivity contribution in [1.82, 2.24) is 4.90 Å². The molecule has 0 aliphatic carbocycles. The first kappa shape index (κ1) is 18.0. The van der Waals surface area contributed by atoms with Crippen LogP contribution in [0.25, 0.3) is 0 Å². The van der Waals surface area contributed by atoms with E-state index in [-0.39, 0.29) is 37.5 Å². The predicted octanol–water partition coefficient (Wildman–Crippen LogP) is -2.16. The minimum atomic E-state index is -4.75. The number of aliphatic carboxylic acids is 1. The van der Waals surface area contributed by atoms with Crippen molar-refractivity contribution in [2.24, 2.45) is 0 Å². The van der Waals surface area contributed by atoms with Crippen molar-refractivity contribution in [2.75, 3.05) is 13.1 Å². The van der Waals surface area contributed by atoms with Crippen LogP contribution < -0.4 is 24.0 Å². The summed E-state index contributed by atoms with van der Waals surface area (Å²) >= 11 is 0. The molecule has 0 aromatic heterocycles. The number of carbonyl (C=O) groups is 1. The molecule has 1 saturated heterocycles. The zero-order valence-corrected chi connectivity index (χ0v) is 11.1. The van der Waals surface area contributed by atoms with Crippen molar-refractivity contribution in [1.29, 1.82) is 0 Å². The summed E-state index contributed by atoms with van der Waals surface area (Å²) in [5.41, 5.74) is 0.247. The Kier molecular flexibility index (Phi) is 5.81. The summed E-state index contributed by atoms with van der Waals surface area (Å²) in [7, 11) is 0. The summed E-state index contributed by atoms with van der Waals surface area (Å²) < 4.78 is 52.5. The van der Waals surface area contributed by atoms with Gasteiger partial charge in [-0.05, 0) is 17.7 Å². The molecule has 110 valence electrons. The van der Waals surface area contributed by atoms with Crippen molar-refractivity contribution < 1.29 is 51.1 Å². The molecule has 9 heteroatoms. The molecule has 0 N–H and O–H groups in total. The van der Waals surface area contributed by atoms with E-state index in [0.717, 1.165) is 12.1 Å². The van der Waals surface area contributed by atoms with Gasteiger partial charge in [-0.15, -0.1) is 13.2 Å². The van der Waals surface area contributed by atoms with Crippen LogP contribution in [0.4, 0.5) is 17.6 Å². The van der Waals surface area contributed by atoms with Crippen LogP contribution in [0.2, 0.25) is 0 Å². The number of nitrogens with zero attached hydrogens (tertiary/aromatic N) is 1. The fourth-order valence-corrected chi connectivity index (χ4v) is 2.09. The van der Waals surface area contributed by atoms with E-state index in [2.05, 4.69) is 4.74 Å². The van der Waals surface area contributed by atoms with Crippen molar-refractivity contribution in [2.45, 2.75) is 18.5 Å². The number of carbonyl (C=O) groups excluding carboxylic acids is 1. The summed E-state index contributed by atoms with van der Waals surface area (Å²) in [5, 5.41) is 11.1. The van der Waals surface area contributed by atoms with Gasteiger partial charge in [0.25, 0.3) is 0 Å². The van der Waals surface area contributed by atoms with E-state index >= 15 is 0 Å². The number of halogens is 4. The van der Waals surface area contributed by atoms with Crippen LogP contribution in [0.3, 0.4) is 0 Å². The summed E-state index contributed by atoms with van der Waals surface area (Å²) in [4.78, 5) is 12.4. The van der Waals surface area contributed by atoms with Gasteiger partial charge in [0.2, 0.25) is 0 Å². The second-order valence-corrected chi connectivity index (χ2v) is 4.41. The Morgan fingerprint density at radius 1 is 1.29 bits per heavy atom. The maximum atomic E-state index is 12.8. The number of rotatable bonds is 4. The fraction of sp³-hybridized carbons (Fsp3) is 0.417. The van der Waals surface area contributed by atoms with Crippen LogP contribution in [0.1, 0.15) is 11.6 Å². The Bertz CT molecular complexity index is 488. The minimum Gasteiger partial charge on any atom is -0.548 e. The second-order valence-electron chi connectivity index (χ2n) is 4.41. The molecule has 0 spiro atoms. The standard InChI is InChI=1S/C12H11F4NO3.Li/c13-8-3-1-7(2-4-8)10(11(18)19)17-5-9(6-17)20-12(14,15)16;/h1-4,9-10H,5-6H2,(H,18,19);/q;+1/p-1. The number of alkyl halides is 3. The van der Waals surface area contributed by atoms with E-state index in [4.69, 9.17) is 0 Å². The molecule has 0 radical (unpaired) electrons. The molecule has 0 amide bonds. The van der Waals surface area contributed by atoms with Gasteiger partial charge in [0.05, 0.1) is 18.1 Å².